The SMILES string of the molecule is Nc1ccc(N(Cc2ccccn2)Cc2ccc(-c3ccnc(CN(Cc4ccccn4)c4ccc(/N=N/c5cc6c(cc5O)Oc5cc(O)ccc5C65OC(=O)c6ccccc65)cc4N)c3)cn2)c(/N=N/c2cc3c(cc2O)Oc2cc(O)ccc2C32OC(=O)c3ccccc32)c1. The molecule has 0 amide bonds. The maximum absolute atomic E-state index is 13.6. The van der Waals surface area contributed by atoms with Crippen LogP contribution in [0, 0.1) is 0 Å². The third kappa shape index (κ3) is 10.5. The van der Waals surface area contributed by atoms with Crippen molar-refractivity contribution < 1.29 is 49.0 Å². The highest BCUT2D eigenvalue weighted by Crippen LogP contribution is 2.60. The standard InChI is InChI=1S/C76H54N12O10/c77-45-16-23-66(62(30-45)84-86-64-35-60-72(37-68(64)92)96-70-33-52(90)20-22-58(70)76(60)56-14-4-2-12-54(56)74(94)98-76)88(40-48-10-6-8-27-80-48)41-49-17-15-44(38-82-49)43-25-28-81-50(29-43)42-87(39-47-9-5-7-26-79-47)65-24-18-46(31-61(65)78)83-85-63-34-59-71(36-67(63)91)95-69-32-51(89)19-21-57(69)75(59)55-13-3-1-11-53(55)73(93)97-75/h1-38,89-92H,39-42,77-78H2/b85-83+,86-84+. The molecule has 2 unspecified atom stereocenters. The lowest BCUT2D eigenvalue weighted by molar-refractivity contribution is 0.0214. The molecule has 0 aliphatic carbocycles. The van der Waals surface area contributed by atoms with Crippen LogP contribution in [0.15, 0.2) is 252 Å². The summed E-state index contributed by atoms with van der Waals surface area (Å²) in [5, 5.41) is 62.2. The molecule has 22 nitrogen and oxygen atoms in total. The highest BCUT2D eigenvalue weighted by Gasteiger charge is 2.55. The predicted molar refractivity (Wildman–Crippen MR) is 362 cm³/mol. The second-order valence-electron chi connectivity index (χ2n) is 23.8. The van der Waals surface area contributed by atoms with Gasteiger partial charge in [0.1, 0.15) is 63.1 Å². The number of phenolic OH excluding ortho intramolecular Hbond substituents is 4. The van der Waals surface area contributed by atoms with Gasteiger partial charge in [0.05, 0.1) is 94.0 Å². The summed E-state index contributed by atoms with van der Waals surface area (Å²) in [6.07, 6.45) is 7.03. The third-order valence-electron chi connectivity index (χ3n) is 17.7. The normalized spacial score (nSPS) is 15.9. The van der Waals surface area contributed by atoms with Gasteiger partial charge in [-0.2, -0.15) is 5.11 Å². The van der Waals surface area contributed by atoms with Gasteiger partial charge in [0.25, 0.3) is 0 Å². The van der Waals surface area contributed by atoms with Crippen molar-refractivity contribution in [3.05, 3.63) is 298 Å². The number of hydrogen-bond donors (Lipinski definition) is 6. The van der Waals surface area contributed by atoms with Crippen LogP contribution in [0.2, 0.25) is 0 Å². The molecular weight excluding hydrogens is 1240 g/mol. The fourth-order valence-corrected chi connectivity index (χ4v) is 13.2. The summed E-state index contributed by atoms with van der Waals surface area (Å²) in [5.41, 5.74) is 21.7. The molecule has 8 heterocycles. The van der Waals surface area contributed by atoms with Crippen molar-refractivity contribution in [3.8, 4) is 57.1 Å². The van der Waals surface area contributed by atoms with Crippen LogP contribution >= 0.6 is 0 Å². The number of carbonyl (C=O) groups excluding carboxylic acids is 2. The number of nitrogens with zero attached hydrogens (tertiary/aromatic N) is 10. The second kappa shape index (κ2) is 23.8. The molecule has 8 N–H and O–H groups in total. The number of anilines is 4. The Morgan fingerprint density at radius 1 is 0.398 bits per heavy atom. The van der Waals surface area contributed by atoms with E-state index in [1.807, 2.05) is 91.1 Å². The zero-order valence-corrected chi connectivity index (χ0v) is 51.6. The van der Waals surface area contributed by atoms with E-state index >= 15 is 0 Å². The van der Waals surface area contributed by atoms with Crippen LogP contribution in [0.3, 0.4) is 0 Å². The van der Waals surface area contributed by atoms with E-state index < -0.39 is 23.1 Å². The van der Waals surface area contributed by atoms with Crippen LogP contribution in [0.1, 0.15) is 76.9 Å². The second-order valence-corrected chi connectivity index (χ2v) is 23.8. The minimum absolute atomic E-state index is 0.0529. The van der Waals surface area contributed by atoms with Crippen molar-refractivity contribution >= 4 is 57.4 Å². The summed E-state index contributed by atoms with van der Waals surface area (Å²) in [7, 11) is 0. The third-order valence-corrected chi connectivity index (χ3v) is 17.7. The summed E-state index contributed by atoms with van der Waals surface area (Å²) in [4.78, 5) is 50.3. The van der Waals surface area contributed by atoms with Crippen LogP contribution in [0.5, 0.6) is 46.0 Å². The van der Waals surface area contributed by atoms with Crippen molar-refractivity contribution in [1.82, 2.24) is 19.9 Å². The first-order valence-electron chi connectivity index (χ1n) is 31.0. The molecule has 22 heteroatoms. The average molecular weight is 1300 g/mol. The molecule has 0 saturated heterocycles. The van der Waals surface area contributed by atoms with Gasteiger partial charge in [0.15, 0.2) is 11.2 Å². The van der Waals surface area contributed by atoms with Crippen LogP contribution in [-0.2, 0) is 46.9 Å². The first kappa shape index (κ1) is 59.5. The van der Waals surface area contributed by atoms with Crippen LogP contribution in [0.4, 0.5) is 45.5 Å². The van der Waals surface area contributed by atoms with Crippen molar-refractivity contribution in [1.29, 1.82) is 0 Å². The number of aromatic nitrogens is 4. The summed E-state index contributed by atoms with van der Waals surface area (Å²) in [5.74, 6) is -0.825. The van der Waals surface area contributed by atoms with Gasteiger partial charge >= 0.3 is 11.9 Å². The smallest absolute Gasteiger partial charge is 0.340 e. The van der Waals surface area contributed by atoms with Crippen molar-refractivity contribution in [3.63, 3.8) is 0 Å². The lowest BCUT2D eigenvalue weighted by atomic mass is 9.77. The molecule has 4 aromatic heterocycles. The van der Waals surface area contributed by atoms with Gasteiger partial charge in [-0.15, -0.1) is 15.3 Å². The zero-order chi connectivity index (χ0) is 66.8. The van der Waals surface area contributed by atoms with Crippen molar-refractivity contribution in [2.24, 2.45) is 20.5 Å². The van der Waals surface area contributed by atoms with E-state index in [-0.39, 0.29) is 57.4 Å². The lowest BCUT2D eigenvalue weighted by Crippen LogP contribution is -2.32. The van der Waals surface area contributed by atoms with E-state index in [1.165, 1.54) is 36.4 Å². The van der Waals surface area contributed by atoms with Gasteiger partial charge in [-0.05, 0) is 133 Å². The van der Waals surface area contributed by atoms with Gasteiger partial charge in [-0.1, -0.05) is 54.6 Å². The number of hydrogen-bond acceptors (Lipinski definition) is 22. The number of benzene rings is 8. The number of pyridine rings is 4. The van der Waals surface area contributed by atoms with Crippen molar-refractivity contribution in [2.45, 2.75) is 37.4 Å². The van der Waals surface area contributed by atoms with Crippen LogP contribution < -0.4 is 30.7 Å². The quantitative estimate of drug-likeness (QED) is 0.0316. The summed E-state index contributed by atoms with van der Waals surface area (Å²) >= 11 is 0. The number of nitrogen functional groups attached to an aromatic ring is 2. The van der Waals surface area contributed by atoms with Crippen LogP contribution in [-0.4, -0.2) is 52.3 Å². The van der Waals surface area contributed by atoms with Crippen molar-refractivity contribution in [2.75, 3.05) is 21.3 Å². The Hall–Kier alpha value is -13.5. The molecule has 98 heavy (non-hydrogen) atoms. The van der Waals surface area contributed by atoms with Crippen LogP contribution in [0.25, 0.3) is 11.1 Å². The minimum atomic E-state index is -1.50. The molecule has 478 valence electrons. The Morgan fingerprint density at radius 3 is 1.47 bits per heavy atom. The molecule has 4 aliphatic rings. The maximum atomic E-state index is 13.6. The molecule has 8 aromatic carbocycles. The van der Waals surface area contributed by atoms with E-state index in [2.05, 4.69) is 35.1 Å². The number of azo groups is 2. The molecule has 0 saturated carbocycles. The van der Waals surface area contributed by atoms with E-state index in [9.17, 15) is 30.0 Å². The molecule has 16 rings (SSSR count). The molecule has 0 fully saturated rings. The molecule has 12 aromatic rings. The Labute approximate surface area is 558 Å². The summed E-state index contributed by atoms with van der Waals surface area (Å²) in [6, 6.07) is 59.1. The molecule has 0 radical (unpaired) electrons. The Kier molecular flexibility index (Phi) is 14.5. The number of aromatic hydroxyl groups is 4. The summed E-state index contributed by atoms with van der Waals surface area (Å²) < 4.78 is 25.0. The van der Waals surface area contributed by atoms with E-state index in [4.69, 9.17) is 45.5 Å². The van der Waals surface area contributed by atoms with Gasteiger partial charge in [-0.3, -0.25) is 19.9 Å². The molecule has 4 aliphatic heterocycles. The average Bonchev–Trinajstić information content (AvgIpc) is 1.48. The van der Waals surface area contributed by atoms with E-state index in [0.717, 1.165) is 33.9 Å². The summed E-state index contributed by atoms with van der Waals surface area (Å²) in [6.45, 7) is 1.31. The number of carbonyl (C=O) groups is 2. The maximum Gasteiger partial charge on any atom is 0.340 e. The molecule has 0 bridgehead atoms. The monoisotopic (exact) mass is 1290 g/mol. The van der Waals surface area contributed by atoms with Gasteiger partial charge < -0.3 is 60.6 Å². The Bertz CT molecular complexity index is 5290. The van der Waals surface area contributed by atoms with E-state index in [0.29, 0.717) is 105 Å². The first-order valence-corrected chi connectivity index (χ1v) is 31.0. The number of phenols is 4. The van der Waals surface area contributed by atoms with Gasteiger partial charge in [0, 0.05) is 82.6 Å². The van der Waals surface area contributed by atoms with E-state index in [1.54, 1.807) is 104 Å². The lowest BCUT2D eigenvalue weighted by Gasteiger charge is -2.36. The molecular formula is C76H54N12O10. The number of rotatable bonds is 15. The topological polar surface area (TPSA) is 312 Å². The molecule has 2 atom stereocenters. The number of ether oxygens (including phenoxy) is 4. The minimum Gasteiger partial charge on any atom is -0.508 e. The largest absolute Gasteiger partial charge is 0.508 e. The molecule has 2 spiro atoms. The fourth-order valence-electron chi connectivity index (χ4n) is 13.2. The highest BCUT2D eigenvalue weighted by atomic mass is 16.6. The number of fused-ring (bicyclic) bond motifs is 12. The first-order chi connectivity index (χ1) is 47.7. The number of nitrogens with two attached hydrogens (primary N) is 2. The van der Waals surface area contributed by atoms with Gasteiger partial charge in [0.2, 0.25) is 0 Å². The Morgan fingerprint density at radius 2 is 0.908 bits per heavy atom. The highest BCUT2D eigenvalue weighted by molar-refractivity contribution is 5.98. The van der Waals surface area contributed by atoms with Gasteiger partial charge in [-0.25, -0.2) is 9.59 Å². The number of esters is 2. The predicted octanol–water partition coefficient (Wildman–Crippen LogP) is 15.3. The fraction of sp³-hybridized carbons (Fsp3) is 0.0789. The zero-order valence-electron chi connectivity index (χ0n) is 51.6. The Balaban J connectivity index is 0.663.